The molecule has 0 bridgehead atoms. The minimum Gasteiger partial charge on any atom is -0.478 e. The van der Waals surface area contributed by atoms with E-state index in [-0.39, 0.29) is 23.7 Å². The molecule has 8 heteroatoms. The first-order valence-electron chi connectivity index (χ1n) is 6.06. The van der Waals surface area contributed by atoms with Crippen molar-refractivity contribution in [1.82, 2.24) is 9.97 Å². The Kier molecular flexibility index (Phi) is 8.13. The zero-order valence-corrected chi connectivity index (χ0v) is 12.1. The minimum absolute atomic E-state index is 0.236. The van der Waals surface area contributed by atoms with Crippen molar-refractivity contribution in [2.45, 2.75) is 27.2 Å². The predicted molar refractivity (Wildman–Crippen MR) is 75.1 cm³/mol. The number of esters is 1. The van der Waals surface area contributed by atoms with Crippen molar-refractivity contribution in [3.8, 4) is 0 Å². The fourth-order valence-electron chi connectivity index (χ4n) is 1.04. The van der Waals surface area contributed by atoms with Gasteiger partial charge in [0.2, 0.25) is 0 Å². The molecule has 8 nitrogen and oxygen atoms in total. The van der Waals surface area contributed by atoms with Crippen molar-refractivity contribution in [1.29, 1.82) is 0 Å². The molecule has 0 aliphatic heterocycles. The smallest absolute Gasteiger partial charge is 0.330 e. The van der Waals surface area contributed by atoms with Gasteiger partial charge in [0.25, 0.3) is 5.56 Å². The molecule has 0 aliphatic carbocycles. The standard InChI is InChI=1S/C8H12O4.C5H6N2O2/c1-6(8(10)11)4-3-5-12-7(2)9;1-3-2-6-5(9)7-4(3)8/h4H,3,5H2,1-2H3,(H,10,11);2H,1H3,(H2,6,7,8,9). The topological polar surface area (TPSA) is 129 Å². The number of H-pyrrole nitrogens is 2. The van der Waals surface area contributed by atoms with E-state index in [1.807, 2.05) is 0 Å². The third-order valence-corrected chi connectivity index (χ3v) is 2.22. The average molecular weight is 298 g/mol. The van der Waals surface area contributed by atoms with Crippen molar-refractivity contribution in [3.63, 3.8) is 0 Å². The molecule has 0 spiro atoms. The summed E-state index contributed by atoms with van der Waals surface area (Å²) >= 11 is 0. The maximum absolute atomic E-state index is 10.6. The van der Waals surface area contributed by atoms with Crippen LogP contribution < -0.4 is 11.2 Å². The monoisotopic (exact) mass is 298 g/mol. The van der Waals surface area contributed by atoms with Gasteiger partial charge in [0.05, 0.1) is 6.61 Å². The molecule has 1 rings (SSSR count). The fourth-order valence-corrected chi connectivity index (χ4v) is 1.04. The highest BCUT2D eigenvalue weighted by Gasteiger charge is 1.98. The zero-order valence-electron chi connectivity index (χ0n) is 12.1. The molecular weight excluding hydrogens is 280 g/mol. The molecule has 0 saturated carbocycles. The summed E-state index contributed by atoms with van der Waals surface area (Å²) in [6.45, 7) is 4.67. The van der Waals surface area contributed by atoms with Crippen LogP contribution in [0.3, 0.4) is 0 Å². The Morgan fingerprint density at radius 2 is 1.95 bits per heavy atom. The van der Waals surface area contributed by atoms with Crippen molar-refractivity contribution in [2.75, 3.05) is 6.61 Å². The molecule has 0 fully saturated rings. The molecular formula is C13H18N2O6. The number of carboxylic acids is 1. The molecule has 116 valence electrons. The Bertz CT molecular complexity index is 626. The normalized spacial score (nSPS) is 10.3. The summed E-state index contributed by atoms with van der Waals surface area (Å²) in [6, 6.07) is 0. The van der Waals surface area contributed by atoms with Crippen LogP contribution in [0.2, 0.25) is 0 Å². The van der Waals surface area contributed by atoms with Crippen molar-refractivity contribution in [2.24, 2.45) is 0 Å². The number of nitrogens with one attached hydrogen (secondary N) is 2. The molecule has 0 unspecified atom stereocenters. The van der Waals surface area contributed by atoms with Crippen LogP contribution in [0, 0.1) is 6.92 Å². The fraction of sp³-hybridized carbons (Fsp3) is 0.385. The van der Waals surface area contributed by atoms with Gasteiger partial charge in [0, 0.05) is 30.7 Å². The lowest BCUT2D eigenvalue weighted by molar-refractivity contribution is -0.140. The third-order valence-electron chi connectivity index (χ3n) is 2.22. The number of rotatable bonds is 4. The van der Waals surface area contributed by atoms with E-state index in [0.29, 0.717) is 12.0 Å². The van der Waals surface area contributed by atoms with E-state index >= 15 is 0 Å². The van der Waals surface area contributed by atoms with E-state index in [1.54, 1.807) is 6.92 Å². The number of ether oxygens (including phenoxy) is 1. The lowest BCUT2D eigenvalue weighted by Gasteiger charge is -1.97. The largest absolute Gasteiger partial charge is 0.478 e. The third kappa shape index (κ3) is 8.98. The van der Waals surface area contributed by atoms with Crippen LogP contribution in [0.5, 0.6) is 0 Å². The van der Waals surface area contributed by atoms with E-state index in [0.717, 1.165) is 0 Å². The molecule has 0 amide bonds. The van der Waals surface area contributed by atoms with Crippen molar-refractivity contribution < 1.29 is 19.4 Å². The van der Waals surface area contributed by atoms with Gasteiger partial charge in [-0.1, -0.05) is 6.08 Å². The first-order chi connectivity index (χ1) is 9.73. The number of carbonyl (C=O) groups excluding carboxylic acids is 1. The molecule has 1 aromatic rings. The van der Waals surface area contributed by atoms with Crippen LogP contribution in [0.15, 0.2) is 27.4 Å². The number of aromatic nitrogens is 2. The van der Waals surface area contributed by atoms with Crippen LogP contribution in [0.25, 0.3) is 0 Å². The lowest BCUT2D eigenvalue weighted by Crippen LogP contribution is -2.22. The van der Waals surface area contributed by atoms with Gasteiger partial charge >= 0.3 is 17.6 Å². The summed E-state index contributed by atoms with van der Waals surface area (Å²) in [4.78, 5) is 45.8. The number of hydrogen-bond acceptors (Lipinski definition) is 5. The van der Waals surface area contributed by atoms with Gasteiger partial charge in [-0.2, -0.15) is 0 Å². The number of hydrogen-bond donors (Lipinski definition) is 3. The minimum atomic E-state index is -0.946. The number of aromatic amines is 2. The summed E-state index contributed by atoms with van der Waals surface area (Å²) in [5, 5.41) is 8.41. The maximum Gasteiger partial charge on any atom is 0.330 e. The highest BCUT2D eigenvalue weighted by Crippen LogP contribution is 1.95. The highest BCUT2D eigenvalue weighted by atomic mass is 16.5. The van der Waals surface area contributed by atoms with E-state index in [2.05, 4.69) is 14.7 Å². The number of carbonyl (C=O) groups is 2. The summed E-state index contributed by atoms with van der Waals surface area (Å²) < 4.78 is 4.60. The molecule has 1 heterocycles. The van der Waals surface area contributed by atoms with Crippen LogP contribution in [0.1, 0.15) is 25.8 Å². The van der Waals surface area contributed by atoms with Crippen LogP contribution in [-0.4, -0.2) is 33.6 Å². The maximum atomic E-state index is 10.6. The van der Waals surface area contributed by atoms with E-state index < -0.39 is 11.7 Å². The van der Waals surface area contributed by atoms with E-state index in [1.165, 1.54) is 26.1 Å². The van der Waals surface area contributed by atoms with Gasteiger partial charge in [-0.15, -0.1) is 0 Å². The molecule has 0 saturated heterocycles. The quantitative estimate of drug-likeness (QED) is 0.417. The number of carboxylic acid groups (broad SMARTS) is 1. The molecule has 0 aliphatic rings. The summed E-state index contributed by atoms with van der Waals surface area (Å²) in [5.41, 5.74) is -0.0268. The van der Waals surface area contributed by atoms with Gasteiger partial charge in [0.1, 0.15) is 0 Å². The van der Waals surface area contributed by atoms with Gasteiger partial charge < -0.3 is 14.8 Å². The van der Waals surface area contributed by atoms with Crippen molar-refractivity contribution in [3.05, 3.63) is 44.2 Å². The summed E-state index contributed by atoms with van der Waals surface area (Å²) in [7, 11) is 0. The molecule has 0 radical (unpaired) electrons. The second-order valence-electron chi connectivity index (χ2n) is 4.08. The Labute approximate surface area is 120 Å². The van der Waals surface area contributed by atoms with E-state index in [9.17, 15) is 19.2 Å². The predicted octanol–water partition coefficient (Wildman–Crippen LogP) is 0.342. The second-order valence-corrected chi connectivity index (χ2v) is 4.08. The Morgan fingerprint density at radius 1 is 1.33 bits per heavy atom. The SMILES string of the molecule is CC(=O)OCCC=C(C)C(=O)O.Cc1c[nH]c(=O)[nH]c1=O. The first kappa shape index (κ1) is 18.4. The molecule has 0 aromatic carbocycles. The summed E-state index contributed by atoms with van der Waals surface area (Å²) in [6.07, 6.45) is 3.34. The molecule has 3 N–H and O–H groups in total. The second kappa shape index (κ2) is 9.29. The van der Waals surface area contributed by atoms with Gasteiger partial charge in [-0.3, -0.25) is 14.6 Å². The molecule has 21 heavy (non-hydrogen) atoms. The zero-order chi connectivity index (χ0) is 16.4. The first-order valence-corrected chi connectivity index (χ1v) is 6.06. The lowest BCUT2D eigenvalue weighted by atomic mass is 10.2. The Morgan fingerprint density at radius 3 is 2.38 bits per heavy atom. The van der Waals surface area contributed by atoms with Crippen LogP contribution in [0.4, 0.5) is 0 Å². The Balaban J connectivity index is 0.000000394. The van der Waals surface area contributed by atoms with E-state index in [4.69, 9.17) is 5.11 Å². The van der Waals surface area contributed by atoms with Crippen LogP contribution in [-0.2, 0) is 14.3 Å². The molecule has 0 atom stereocenters. The van der Waals surface area contributed by atoms with Gasteiger partial charge in [-0.25, -0.2) is 9.59 Å². The number of aryl methyl sites for hydroxylation is 1. The number of aliphatic carboxylic acids is 1. The van der Waals surface area contributed by atoms with Gasteiger partial charge in [-0.05, 0) is 13.8 Å². The average Bonchev–Trinajstić information content (AvgIpc) is 2.39. The Hall–Kier alpha value is -2.64. The summed E-state index contributed by atoms with van der Waals surface area (Å²) in [5.74, 6) is -1.30. The van der Waals surface area contributed by atoms with Gasteiger partial charge in [0.15, 0.2) is 0 Å². The highest BCUT2D eigenvalue weighted by molar-refractivity contribution is 5.85. The van der Waals surface area contributed by atoms with Crippen LogP contribution >= 0.6 is 0 Å². The molecule has 1 aromatic heterocycles. The van der Waals surface area contributed by atoms with Crippen molar-refractivity contribution >= 4 is 11.9 Å².